The summed E-state index contributed by atoms with van der Waals surface area (Å²) in [5.41, 5.74) is 0. The number of hydrogen-bond donors (Lipinski definition) is 0. The smallest absolute Gasteiger partial charge is 0.0132 e. The lowest BCUT2D eigenvalue weighted by atomic mass is 9.46. The summed E-state index contributed by atoms with van der Waals surface area (Å²) < 4.78 is 0. The van der Waals surface area contributed by atoms with Crippen molar-refractivity contribution in [3.05, 3.63) is 0 Å². The largest absolute Gasteiger partial charge is 0.294 e. The zero-order valence-corrected chi connectivity index (χ0v) is 37.9. The van der Waals surface area contributed by atoms with E-state index in [0.29, 0.717) is 0 Å². The van der Waals surface area contributed by atoms with Gasteiger partial charge in [-0.2, -0.15) is 0 Å². The molecule has 0 aromatic rings. The van der Waals surface area contributed by atoms with Gasteiger partial charge in [-0.1, -0.05) is 89.9 Å². The molecule has 12 saturated carbocycles. The minimum absolute atomic E-state index is 0.930. The maximum Gasteiger partial charge on any atom is 0.0132 e. The Balaban J connectivity index is 0.850. The summed E-state index contributed by atoms with van der Waals surface area (Å²) in [6, 6.07) is 5.64. The molecule has 326 valence electrons. The van der Waals surface area contributed by atoms with Gasteiger partial charge < -0.3 is 0 Å². The van der Waals surface area contributed by atoms with Crippen molar-refractivity contribution >= 4 is 0 Å². The lowest BCUT2D eigenvalue weighted by Gasteiger charge is -2.65. The van der Waals surface area contributed by atoms with Crippen molar-refractivity contribution in [3.63, 3.8) is 0 Å². The lowest BCUT2D eigenvalue weighted by Crippen LogP contribution is -2.66. The zero-order chi connectivity index (χ0) is 38.2. The van der Waals surface area contributed by atoms with E-state index in [0.717, 1.165) is 119 Å². The van der Waals surface area contributed by atoms with Gasteiger partial charge in [-0.25, -0.2) is 0 Å². The maximum atomic E-state index is 3.54. The summed E-state index contributed by atoms with van der Waals surface area (Å²) in [6.07, 6.45) is 56.8. The van der Waals surface area contributed by atoms with Crippen molar-refractivity contribution < 1.29 is 0 Å². The Labute approximate surface area is 358 Å². The zero-order valence-electron chi connectivity index (χ0n) is 37.9. The molecule has 2 heteroatoms. The van der Waals surface area contributed by atoms with Crippen LogP contribution in [0.2, 0.25) is 0 Å². The van der Waals surface area contributed by atoms with Crippen LogP contribution in [0.1, 0.15) is 231 Å². The van der Waals surface area contributed by atoms with E-state index in [1.165, 1.54) is 38.5 Å². The molecule has 0 heterocycles. The van der Waals surface area contributed by atoms with Crippen molar-refractivity contribution in [2.75, 3.05) is 0 Å². The van der Waals surface area contributed by atoms with E-state index in [4.69, 9.17) is 0 Å². The Morgan fingerprint density at radius 2 is 0.534 bits per heavy atom. The summed E-state index contributed by atoms with van der Waals surface area (Å²) in [7, 11) is 0. The van der Waals surface area contributed by atoms with Gasteiger partial charge in [0.1, 0.15) is 0 Å². The molecule has 12 rings (SSSR count). The van der Waals surface area contributed by atoms with Gasteiger partial charge in [0, 0.05) is 36.3 Å². The molecular formula is C56H92N2. The first-order valence-electron chi connectivity index (χ1n) is 28.3. The number of rotatable bonds is 6. The van der Waals surface area contributed by atoms with Gasteiger partial charge >= 0.3 is 0 Å². The second-order valence-electron chi connectivity index (χ2n) is 25.1. The standard InChI is InChI=1S/C56H92N2/c1-3-15-41(16-4-1)57(51-23-11-21-45-43-19-9-7-13-37(43)25-31-47(45)51)53-35-29-39-28-34-50-54(36-30-40-27-33-49(53)55(39)56(40)50)58(42-17-5-2-6-18-42)52-24-12-22-46-44-20-10-8-14-38(44)26-32-48(46)52/h37-56H,1-36H2. The van der Waals surface area contributed by atoms with Gasteiger partial charge in [0.05, 0.1) is 0 Å². The predicted octanol–water partition coefficient (Wildman–Crippen LogP) is 14.6. The quantitative estimate of drug-likeness (QED) is 0.264. The molecule has 12 fully saturated rings. The fourth-order valence-corrected chi connectivity index (χ4v) is 21.6. The van der Waals surface area contributed by atoms with Gasteiger partial charge in [0.25, 0.3) is 0 Å². The molecule has 0 spiro atoms. The Kier molecular flexibility index (Phi) is 11.7. The highest BCUT2D eigenvalue weighted by molar-refractivity contribution is 5.11. The minimum Gasteiger partial charge on any atom is -0.294 e. The first-order valence-corrected chi connectivity index (χ1v) is 28.3. The molecule has 12 aliphatic carbocycles. The van der Waals surface area contributed by atoms with Crippen LogP contribution in [-0.4, -0.2) is 46.1 Å². The third-order valence-electron chi connectivity index (χ3n) is 23.4. The van der Waals surface area contributed by atoms with Gasteiger partial charge in [-0.3, -0.25) is 9.80 Å². The molecule has 0 aromatic carbocycles. The van der Waals surface area contributed by atoms with E-state index in [-0.39, 0.29) is 0 Å². The summed E-state index contributed by atoms with van der Waals surface area (Å²) >= 11 is 0. The molecule has 0 N–H and O–H groups in total. The van der Waals surface area contributed by atoms with Gasteiger partial charge in [0.2, 0.25) is 0 Å². The van der Waals surface area contributed by atoms with Crippen molar-refractivity contribution in [2.45, 2.75) is 267 Å². The Hall–Kier alpha value is -0.0800. The summed E-state index contributed by atoms with van der Waals surface area (Å²) in [4.78, 5) is 7.09. The van der Waals surface area contributed by atoms with E-state index >= 15 is 0 Å². The van der Waals surface area contributed by atoms with Crippen LogP contribution in [0.4, 0.5) is 0 Å². The third-order valence-corrected chi connectivity index (χ3v) is 23.4. The average Bonchev–Trinajstić information content (AvgIpc) is 3.30. The molecule has 0 radical (unpaired) electrons. The molecule has 0 saturated heterocycles. The minimum atomic E-state index is 0.930. The fourth-order valence-electron chi connectivity index (χ4n) is 21.6. The second kappa shape index (κ2) is 17.1. The number of nitrogens with zero attached hydrogens (tertiary/aromatic N) is 2. The molecule has 18 atom stereocenters. The lowest BCUT2D eigenvalue weighted by molar-refractivity contribution is -0.161. The summed E-state index contributed by atoms with van der Waals surface area (Å²) in [6.45, 7) is 0. The van der Waals surface area contributed by atoms with Crippen LogP contribution >= 0.6 is 0 Å². The fraction of sp³-hybridized carbons (Fsp3) is 1.00. The van der Waals surface area contributed by atoms with Crippen molar-refractivity contribution in [3.8, 4) is 0 Å². The van der Waals surface area contributed by atoms with Crippen LogP contribution in [0, 0.1) is 82.9 Å². The number of hydrogen-bond acceptors (Lipinski definition) is 2. The van der Waals surface area contributed by atoms with Crippen LogP contribution in [0.25, 0.3) is 0 Å². The second-order valence-corrected chi connectivity index (χ2v) is 25.1. The maximum absolute atomic E-state index is 3.54. The topological polar surface area (TPSA) is 6.48 Å². The first-order chi connectivity index (χ1) is 28.8. The molecule has 58 heavy (non-hydrogen) atoms. The van der Waals surface area contributed by atoms with Crippen LogP contribution in [0.5, 0.6) is 0 Å². The summed E-state index contributed by atoms with van der Waals surface area (Å²) in [5, 5.41) is 0. The molecule has 0 bridgehead atoms. The first kappa shape index (κ1) is 39.5. The van der Waals surface area contributed by atoms with Crippen molar-refractivity contribution in [1.29, 1.82) is 0 Å². The Morgan fingerprint density at radius 3 is 1.00 bits per heavy atom. The van der Waals surface area contributed by atoms with Gasteiger partial charge in [-0.05, 0) is 224 Å². The monoisotopic (exact) mass is 793 g/mol. The molecule has 12 aliphatic rings. The molecule has 18 unspecified atom stereocenters. The Morgan fingerprint density at radius 1 is 0.190 bits per heavy atom. The molecular weight excluding hydrogens is 701 g/mol. The van der Waals surface area contributed by atoms with E-state index < -0.39 is 0 Å². The van der Waals surface area contributed by atoms with E-state index in [9.17, 15) is 0 Å². The van der Waals surface area contributed by atoms with E-state index in [2.05, 4.69) is 9.80 Å². The van der Waals surface area contributed by atoms with Crippen LogP contribution in [0.15, 0.2) is 0 Å². The molecule has 2 nitrogen and oxygen atoms in total. The van der Waals surface area contributed by atoms with Crippen LogP contribution in [0.3, 0.4) is 0 Å². The van der Waals surface area contributed by atoms with Crippen LogP contribution < -0.4 is 0 Å². The van der Waals surface area contributed by atoms with Gasteiger partial charge in [-0.15, -0.1) is 0 Å². The SMILES string of the molecule is C1CCC(N(C2CCCC3C4CCCCC4CCC32)C2CCC3CCC4C5C(CCC2C35)CCC4N(C2CCCCC2)C2CCCC3C4CCCCC4CCC32)CC1. The van der Waals surface area contributed by atoms with Gasteiger partial charge in [0.15, 0.2) is 0 Å². The van der Waals surface area contributed by atoms with E-state index in [1.807, 2.05) is 0 Å². The van der Waals surface area contributed by atoms with Crippen molar-refractivity contribution in [2.24, 2.45) is 82.9 Å². The van der Waals surface area contributed by atoms with E-state index in [1.54, 1.807) is 193 Å². The molecule has 0 aliphatic heterocycles. The highest BCUT2D eigenvalue weighted by Crippen LogP contribution is 2.64. The highest BCUT2D eigenvalue weighted by Gasteiger charge is 2.60. The third kappa shape index (κ3) is 6.94. The predicted molar refractivity (Wildman–Crippen MR) is 241 cm³/mol. The number of fused-ring (bicyclic) bond motifs is 6. The summed E-state index contributed by atoms with van der Waals surface area (Å²) in [5.74, 6) is 15.1. The van der Waals surface area contributed by atoms with Crippen LogP contribution in [-0.2, 0) is 0 Å². The van der Waals surface area contributed by atoms with Crippen molar-refractivity contribution in [1.82, 2.24) is 9.80 Å². The Bertz CT molecular complexity index is 1260. The molecule has 0 aromatic heterocycles. The molecule has 0 amide bonds. The highest BCUT2D eigenvalue weighted by atomic mass is 15.2. The normalized spacial score (nSPS) is 51.2. The average molecular weight is 793 g/mol.